The molecule has 0 bridgehead atoms. The van der Waals surface area contributed by atoms with Crippen LogP contribution in [0.3, 0.4) is 0 Å². The molecule has 0 aliphatic heterocycles. The fourth-order valence-electron chi connectivity index (χ4n) is 3.00. The van der Waals surface area contributed by atoms with E-state index in [9.17, 15) is 17.6 Å². The van der Waals surface area contributed by atoms with E-state index in [2.05, 4.69) is 5.32 Å². The van der Waals surface area contributed by atoms with Gasteiger partial charge in [0.15, 0.2) is 0 Å². The van der Waals surface area contributed by atoms with E-state index in [4.69, 9.17) is 0 Å². The van der Waals surface area contributed by atoms with E-state index in [-0.39, 0.29) is 30.3 Å². The molecule has 3 aromatic carbocycles. The molecule has 0 unspecified atom stereocenters. The number of rotatable bonds is 8. The lowest BCUT2D eigenvalue weighted by molar-refractivity contribution is -0.121. The van der Waals surface area contributed by atoms with Crippen LogP contribution in [0.2, 0.25) is 0 Å². The van der Waals surface area contributed by atoms with Gasteiger partial charge < -0.3 is 5.32 Å². The topological polar surface area (TPSA) is 66.5 Å². The molecule has 0 radical (unpaired) electrons. The summed E-state index contributed by atoms with van der Waals surface area (Å²) >= 11 is 0. The Labute approximate surface area is 182 Å². The number of benzene rings is 3. The van der Waals surface area contributed by atoms with Gasteiger partial charge in [0.05, 0.1) is 11.4 Å². The summed E-state index contributed by atoms with van der Waals surface area (Å²) in [5, 5.41) is 2.71. The lowest BCUT2D eigenvalue weighted by Crippen LogP contribution is -2.40. The monoisotopic (exact) mass is 440 g/mol. The molecule has 0 heterocycles. The molecule has 0 saturated heterocycles. The predicted molar refractivity (Wildman–Crippen MR) is 118 cm³/mol. The van der Waals surface area contributed by atoms with Crippen molar-refractivity contribution in [3.8, 4) is 0 Å². The summed E-state index contributed by atoms with van der Waals surface area (Å²) in [6.45, 7) is 3.75. The second-order valence-corrected chi connectivity index (χ2v) is 9.41. The van der Waals surface area contributed by atoms with Crippen molar-refractivity contribution in [2.45, 2.75) is 31.8 Å². The number of hydrogen-bond acceptors (Lipinski definition) is 3. The maximum atomic E-state index is 13.3. The molecule has 1 N–H and O–H groups in total. The van der Waals surface area contributed by atoms with Crippen LogP contribution in [0.5, 0.6) is 0 Å². The number of sulfonamides is 1. The maximum Gasteiger partial charge on any atom is 0.243 e. The highest BCUT2D eigenvalue weighted by Gasteiger charge is 2.26. The summed E-state index contributed by atoms with van der Waals surface area (Å²) in [6, 6.07) is 19.8. The molecule has 5 nitrogen and oxygen atoms in total. The molecule has 162 valence electrons. The van der Waals surface area contributed by atoms with Gasteiger partial charge in [0.1, 0.15) is 5.82 Å². The molecule has 3 rings (SSSR count). The summed E-state index contributed by atoms with van der Waals surface area (Å²) in [6.07, 6.45) is 0. The number of nitrogens with one attached hydrogen (secondary N) is 1. The fraction of sp³-hybridized carbons (Fsp3) is 0.208. The molecule has 0 aromatic heterocycles. The van der Waals surface area contributed by atoms with E-state index in [1.54, 1.807) is 36.4 Å². The maximum absolute atomic E-state index is 13.3. The number of carbonyl (C=O) groups is 1. The Balaban J connectivity index is 1.79. The minimum absolute atomic E-state index is 0.0699. The van der Waals surface area contributed by atoms with Gasteiger partial charge in [0.2, 0.25) is 15.9 Å². The minimum Gasteiger partial charge on any atom is -0.351 e. The van der Waals surface area contributed by atoms with E-state index < -0.39 is 15.9 Å². The van der Waals surface area contributed by atoms with E-state index >= 15 is 0 Å². The zero-order valence-corrected chi connectivity index (χ0v) is 18.3. The van der Waals surface area contributed by atoms with Crippen LogP contribution < -0.4 is 5.32 Å². The Kier molecular flexibility index (Phi) is 7.20. The summed E-state index contributed by atoms with van der Waals surface area (Å²) in [4.78, 5) is 12.7. The van der Waals surface area contributed by atoms with Crippen molar-refractivity contribution in [3.05, 3.63) is 101 Å². The molecule has 3 aromatic rings. The van der Waals surface area contributed by atoms with Gasteiger partial charge in [-0.3, -0.25) is 4.79 Å². The summed E-state index contributed by atoms with van der Waals surface area (Å²) in [7, 11) is -3.89. The van der Waals surface area contributed by atoms with Gasteiger partial charge in [0.25, 0.3) is 0 Å². The molecular weight excluding hydrogens is 415 g/mol. The van der Waals surface area contributed by atoms with Gasteiger partial charge in [-0.25, -0.2) is 12.8 Å². The molecule has 0 aliphatic carbocycles. The first-order valence-corrected chi connectivity index (χ1v) is 11.3. The minimum atomic E-state index is -3.89. The smallest absolute Gasteiger partial charge is 0.243 e. The molecule has 7 heteroatoms. The molecule has 0 fully saturated rings. The van der Waals surface area contributed by atoms with E-state index in [0.29, 0.717) is 0 Å². The molecular formula is C24H25FN2O3S. The first-order chi connectivity index (χ1) is 14.7. The number of aryl methyl sites for hydroxylation is 2. The molecule has 31 heavy (non-hydrogen) atoms. The van der Waals surface area contributed by atoms with Crippen molar-refractivity contribution in [3.63, 3.8) is 0 Å². The van der Waals surface area contributed by atoms with Gasteiger partial charge in [-0.1, -0.05) is 59.7 Å². The highest BCUT2D eigenvalue weighted by atomic mass is 32.2. The molecule has 0 atom stereocenters. The number of nitrogens with zero attached hydrogens (tertiary/aromatic N) is 1. The van der Waals surface area contributed by atoms with Gasteiger partial charge in [0, 0.05) is 13.1 Å². The Morgan fingerprint density at radius 3 is 1.94 bits per heavy atom. The van der Waals surface area contributed by atoms with Gasteiger partial charge in [-0.05, 0) is 49.2 Å². The van der Waals surface area contributed by atoms with Crippen LogP contribution in [0.15, 0.2) is 77.7 Å². The SMILES string of the molecule is Cc1ccc(CN(CC(=O)NCc2ccc(F)cc2)S(=O)(=O)c2ccc(C)cc2)cc1. The molecule has 0 spiro atoms. The van der Waals surface area contributed by atoms with Crippen LogP contribution >= 0.6 is 0 Å². The first kappa shape index (κ1) is 22.7. The zero-order chi connectivity index (χ0) is 22.4. The lowest BCUT2D eigenvalue weighted by Gasteiger charge is -2.22. The third kappa shape index (κ3) is 6.23. The van der Waals surface area contributed by atoms with Crippen molar-refractivity contribution in [2.24, 2.45) is 0 Å². The van der Waals surface area contributed by atoms with Crippen molar-refractivity contribution >= 4 is 15.9 Å². The molecule has 0 saturated carbocycles. The van der Waals surface area contributed by atoms with E-state index in [0.717, 1.165) is 22.3 Å². The van der Waals surface area contributed by atoms with Crippen LogP contribution in [0.25, 0.3) is 0 Å². The zero-order valence-electron chi connectivity index (χ0n) is 17.5. The quantitative estimate of drug-likeness (QED) is 0.577. The van der Waals surface area contributed by atoms with Crippen LogP contribution in [-0.2, 0) is 27.9 Å². The first-order valence-electron chi connectivity index (χ1n) is 9.87. The Morgan fingerprint density at radius 2 is 1.35 bits per heavy atom. The van der Waals surface area contributed by atoms with Crippen LogP contribution in [0.1, 0.15) is 22.3 Å². The van der Waals surface area contributed by atoms with E-state index in [1.807, 2.05) is 38.1 Å². The molecule has 0 aliphatic rings. The van der Waals surface area contributed by atoms with Gasteiger partial charge in [-0.2, -0.15) is 4.31 Å². The van der Waals surface area contributed by atoms with E-state index in [1.165, 1.54) is 16.4 Å². The molecule has 1 amide bonds. The third-order valence-corrected chi connectivity index (χ3v) is 6.67. The highest BCUT2D eigenvalue weighted by Crippen LogP contribution is 2.19. The van der Waals surface area contributed by atoms with Crippen LogP contribution in [0, 0.1) is 19.7 Å². The average molecular weight is 441 g/mol. The van der Waals surface area contributed by atoms with Crippen molar-refractivity contribution in [1.82, 2.24) is 9.62 Å². The number of carbonyl (C=O) groups excluding carboxylic acids is 1. The fourth-order valence-corrected chi connectivity index (χ4v) is 4.39. The van der Waals surface area contributed by atoms with Crippen LogP contribution in [0.4, 0.5) is 4.39 Å². The lowest BCUT2D eigenvalue weighted by atomic mass is 10.1. The van der Waals surface area contributed by atoms with Crippen molar-refractivity contribution < 1.29 is 17.6 Å². The van der Waals surface area contributed by atoms with Gasteiger partial charge >= 0.3 is 0 Å². The Bertz CT molecular complexity index is 1130. The highest BCUT2D eigenvalue weighted by molar-refractivity contribution is 7.89. The number of amides is 1. The predicted octanol–water partition coefficient (Wildman–Crippen LogP) is 3.95. The second kappa shape index (κ2) is 9.85. The third-order valence-electron chi connectivity index (χ3n) is 4.86. The van der Waals surface area contributed by atoms with Crippen LogP contribution in [-0.4, -0.2) is 25.2 Å². The summed E-state index contributed by atoms with van der Waals surface area (Å²) < 4.78 is 40.7. The second-order valence-electron chi connectivity index (χ2n) is 7.47. The Hall–Kier alpha value is -3.03. The summed E-state index contributed by atoms with van der Waals surface area (Å²) in [5.74, 6) is -0.796. The normalized spacial score (nSPS) is 11.5. The summed E-state index contributed by atoms with van der Waals surface area (Å²) in [5.41, 5.74) is 3.52. The number of hydrogen-bond donors (Lipinski definition) is 1. The largest absolute Gasteiger partial charge is 0.351 e. The van der Waals surface area contributed by atoms with Crippen molar-refractivity contribution in [1.29, 1.82) is 0 Å². The standard InChI is InChI=1S/C24H25FN2O3S/c1-18-3-7-21(8-4-18)16-27(31(29,30)23-13-5-19(2)6-14-23)17-24(28)26-15-20-9-11-22(25)12-10-20/h3-14H,15-17H2,1-2H3,(H,26,28). The van der Waals surface area contributed by atoms with Crippen molar-refractivity contribution in [2.75, 3.05) is 6.54 Å². The number of halogens is 1. The Morgan fingerprint density at radius 1 is 0.839 bits per heavy atom. The van der Waals surface area contributed by atoms with Gasteiger partial charge in [-0.15, -0.1) is 0 Å². The average Bonchev–Trinajstić information content (AvgIpc) is 2.74.